The summed E-state index contributed by atoms with van der Waals surface area (Å²) in [6, 6.07) is 0.130. The van der Waals surface area contributed by atoms with Gasteiger partial charge in [-0.05, 0) is 19.3 Å². The highest BCUT2D eigenvalue weighted by molar-refractivity contribution is 7.07. The number of thiazole rings is 1. The number of rotatable bonds is 7. The van der Waals surface area contributed by atoms with Crippen molar-refractivity contribution >= 4 is 11.3 Å². The molecule has 0 saturated carbocycles. The van der Waals surface area contributed by atoms with Crippen molar-refractivity contribution in [1.29, 1.82) is 0 Å². The third-order valence-corrected chi connectivity index (χ3v) is 2.86. The van der Waals surface area contributed by atoms with E-state index in [1.807, 2.05) is 17.0 Å². The van der Waals surface area contributed by atoms with Crippen LogP contribution in [0.3, 0.4) is 0 Å². The second-order valence-electron chi connectivity index (χ2n) is 3.45. The van der Waals surface area contributed by atoms with Crippen molar-refractivity contribution < 1.29 is 0 Å². The summed E-state index contributed by atoms with van der Waals surface area (Å²) >= 11 is 1.61. The van der Waals surface area contributed by atoms with Gasteiger partial charge in [-0.1, -0.05) is 18.9 Å². The lowest BCUT2D eigenvalue weighted by Crippen LogP contribution is -2.10. The maximum Gasteiger partial charge on any atom is 0.0795 e. The Morgan fingerprint density at radius 1 is 1.50 bits per heavy atom. The van der Waals surface area contributed by atoms with Crippen molar-refractivity contribution in [3.63, 3.8) is 0 Å². The predicted molar refractivity (Wildman–Crippen MR) is 62.3 cm³/mol. The van der Waals surface area contributed by atoms with E-state index in [2.05, 4.69) is 11.6 Å². The maximum absolute atomic E-state index is 5.98. The highest BCUT2D eigenvalue weighted by Gasteiger charge is 2.06. The molecular formula is C11H18N2S. The highest BCUT2D eigenvalue weighted by atomic mass is 32.1. The van der Waals surface area contributed by atoms with E-state index < -0.39 is 0 Å². The Labute approximate surface area is 89.9 Å². The van der Waals surface area contributed by atoms with Gasteiger partial charge in [0.25, 0.3) is 0 Å². The molecule has 0 amide bonds. The first-order chi connectivity index (χ1) is 6.84. The van der Waals surface area contributed by atoms with Gasteiger partial charge < -0.3 is 5.73 Å². The van der Waals surface area contributed by atoms with E-state index >= 15 is 0 Å². The Morgan fingerprint density at radius 3 is 3.00 bits per heavy atom. The number of hydrogen-bond acceptors (Lipinski definition) is 3. The van der Waals surface area contributed by atoms with E-state index in [9.17, 15) is 0 Å². The van der Waals surface area contributed by atoms with Gasteiger partial charge in [-0.3, -0.25) is 0 Å². The molecule has 1 aromatic heterocycles. The SMILES string of the molecule is C=CCCCCCC(N)c1cscn1. The molecule has 1 unspecified atom stereocenters. The monoisotopic (exact) mass is 210 g/mol. The predicted octanol–water partition coefficient (Wildman–Crippen LogP) is 3.28. The van der Waals surface area contributed by atoms with Crippen LogP contribution in [-0.2, 0) is 0 Å². The van der Waals surface area contributed by atoms with Crippen molar-refractivity contribution in [2.24, 2.45) is 5.73 Å². The van der Waals surface area contributed by atoms with Gasteiger partial charge in [-0.15, -0.1) is 17.9 Å². The molecular weight excluding hydrogens is 192 g/mol. The summed E-state index contributed by atoms with van der Waals surface area (Å²) in [7, 11) is 0. The summed E-state index contributed by atoms with van der Waals surface area (Å²) in [5, 5.41) is 2.04. The molecule has 0 saturated heterocycles. The van der Waals surface area contributed by atoms with Crippen LogP contribution in [0.2, 0.25) is 0 Å². The van der Waals surface area contributed by atoms with Gasteiger partial charge in [-0.25, -0.2) is 4.98 Å². The van der Waals surface area contributed by atoms with Crippen LogP contribution in [0.5, 0.6) is 0 Å². The topological polar surface area (TPSA) is 38.9 Å². The fourth-order valence-electron chi connectivity index (χ4n) is 1.38. The van der Waals surface area contributed by atoms with E-state index in [4.69, 9.17) is 5.73 Å². The summed E-state index contributed by atoms with van der Waals surface area (Å²) in [4.78, 5) is 4.21. The van der Waals surface area contributed by atoms with Crippen molar-refractivity contribution in [3.05, 3.63) is 29.2 Å². The molecule has 0 spiro atoms. The fourth-order valence-corrected chi connectivity index (χ4v) is 2.00. The quantitative estimate of drug-likeness (QED) is 0.554. The zero-order valence-electron chi connectivity index (χ0n) is 8.48. The van der Waals surface area contributed by atoms with Crippen molar-refractivity contribution in [2.45, 2.75) is 38.1 Å². The lowest BCUT2D eigenvalue weighted by atomic mass is 10.1. The Hall–Kier alpha value is -0.670. The van der Waals surface area contributed by atoms with Gasteiger partial charge in [0, 0.05) is 11.4 Å². The molecule has 3 heteroatoms. The molecule has 0 aliphatic heterocycles. The van der Waals surface area contributed by atoms with Crippen LogP contribution in [0.4, 0.5) is 0 Å². The first kappa shape index (κ1) is 11.4. The Balaban J connectivity index is 2.10. The molecule has 2 N–H and O–H groups in total. The Morgan fingerprint density at radius 2 is 2.36 bits per heavy atom. The van der Waals surface area contributed by atoms with E-state index in [0.717, 1.165) is 18.5 Å². The molecule has 0 fully saturated rings. The Kier molecular flexibility index (Phi) is 5.49. The van der Waals surface area contributed by atoms with Crippen LogP contribution < -0.4 is 5.73 Å². The van der Waals surface area contributed by atoms with Gasteiger partial charge in [0.15, 0.2) is 0 Å². The standard InChI is InChI=1S/C11H18N2S/c1-2-3-4-5-6-7-10(12)11-8-14-9-13-11/h2,8-10H,1,3-7,12H2. The molecule has 1 atom stereocenters. The molecule has 0 radical (unpaired) electrons. The number of hydrogen-bond donors (Lipinski definition) is 1. The van der Waals surface area contributed by atoms with Crippen LogP contribution in [0.15, 0.2) is 23.5 Å². The molecule has 0 aliphatic carbocycles. The van der Waals surface area contributed by atoms with Crippen molar-refractivity contribution in [1.82, 2.24) is 4.98 Å². The molecule has 14 heavy (non-hydrogen) atoms. The molecule has 2 nitrogen and oxygen atoms in total. The highest BCUT2D eigenvalue weighted by Crippen LogP contribution is 2.17. The van der Waals surface area contributed by atoms with Crippen LogP contribution in [0, 0.1) is 0 Å². The Bertz CT molecular complexity index is 244. The summed E-state index contributed by atoms with van der Waals surface area (Å²) in [5.41, 5.74) is 8.86. The average molecular weight is 210 g/mol. The molecule has 0 bridgehead atoms. The average Bonchev–Trinajstić information content (AvgIpc) is 2.70. The number of unbranched alkanes of at least 4 members (excludes halogenated alkanes) is 3. The van der Waals surface area contributed by atoms with Gasteiger partial charge in [0.1, 0.15) is 0 Å². The molecule has 0 aliphatic rings. The van der Waals surface area contributed by atoms with Crippen LogP contribution in [0.25, 0.3) is 0 Å². The number of nitrogens with zero attached hydrogens (tertiary/aromatic N) is 1. The fraction of sp³-hybridized carbons (Fsp3) is 0.545. The summed E-state index contributed by atoms with van der Waals surface area (Å²) in [5.74, 6) is 0. The molecule has 0 aromatic carbocycles. The second kappa shape index (κ2) is 6.74. The lowest BCUT2D eigenvalue weighted by molar-refractivity contribution is 0.565. The largest absolute Gasteiger partial charge is 0.323 e. The van der Waals surface area contributed by atoms with E-state index in [-0.39, 0.29) is 6.04 Å². The molecule has 1 aromatic rings. The minimum Gasteiger partial charge on any atom is -0.323 e. The number of aromatic nitrogens is 1. The summed E-state index contributed by atoms with van der Waals surface area (Å²) in [6.07, 6.45) is 7.79. The van der Waals surface area contributed by atoms with Gasteiger partial charge in [-0.2, -0.15) is 0 Å². The second-order valence-corrected chi connectivity index (χ2v) is 4.17. The zero-order chi connectivity index (χ0) is 10.2. The van der Waals surface area contributed by atoms with Crippen LogP contribution in [-0.4, -0.2) is 4.98 Å². The first-order valence-corrected chi connectivity index (χ1v) is 6.03. The maximum atomic E-state index is 5.98. The van der Waals surface area contributed by atoms with E-state index in [1.165, 1.54) is 19.3 Å². The van der Waals surface area contributed by atoms with Crippen molar-refractivity contribution in [2.75, 3.05) is 0 Å². The van der Waals surface area contributed by atoms with E-state index in [1.54, 1.807) is 11.3 Å². The summed E-state index contributed by atoms with van der Waals surface area (Å²) in [6.45, 7) is 3.70. The smallest absolute Gasteiger partial charge is 0.0795 e. The number of allylic oxidation sites excluding steroid dienone is 1. The molecule has 1 heterocycles. The van der Waals surface area contributed by atoms with E-state index in [0.29, 0.717) is 0 Å². The minimum absolute atomic E-state index is 0.130. The third kappa shape index (κ3) is 4.03. The van der Waals surface area contributed by atoms with Gasteiger partial charge >= 0.3 is 0 Å². The summed E-state index contributed by atoms with van der Waals surface area (Å²) < 4.78 is 0. The van der Waals surface area contributed by atoms with Gasteiger partial charge in [0.05, 0.1) is 11.2 Å². The first-order valence-electron chi connectivity index (χ1n) is 5.09. The third-order valence-electron chi connectivity index (χ3n) is 2.25. The van der Waals surface area contributed by atoms with Crippen LogP contribution >= 0.6 is 11.3 Å². The van der Waals surface area contributed by atoms with Crippen molar-refractivity contribution in [3.8, 4) is 0 Å². The number of nitrogens with two attached hydrogens (primary N) is 1. The zero-order valence-corrected chi connectivity index (χ0v) is 9.30. The van der Waals surface area contributed by atoms with Gasteiger partial charge in [0.2, 0.25) is 0 Å². The normalized spacial score (nSPS) is 12.6. The lowest BCUT2D eigenvalue weighted by Gasteiger charge is -2.07. The van der Waals surface area contributed by atoms with Crippen LogP contribution in [0.1, 0.15) is 43.8 Å². The molecule has 1 rings (SSSR count). The minimum atomic E-state index is 0.130. The molecule has 78 valence electrons.